The van der Waals surface area contributed by atoms with Gasteiger partial charge in [0.2, 0.25) is 0 Å². The van der Waals surface area contributed by atoms with Gasteiger partial charge < -0.3 is 19.9 Å². The van der Waals surface area contributed by atoms with Gasteiger partial charge in [-0.1, -0.05) is 30.7 Å². The summed E-state index contributed by atoms with van der Waals surface area (Å²) < 4.78 is 7.76. The largest absolute Gasteiger partial charge is 0.376 e. The first kappa shape index (κ1) is 20.6. The number of halogens is 1. The molecule has 0 amide bonds. The number of aryl methyl sites for hydroxylation is 1. The first-order valence-corrected chi connectivity index (χ1v) is 10.3. The molecular weight excluding hydrogens is 376 g/mol. The minimum Gasteiger partial charge on any atom is -0.376 e. The number of nitrogens with zero attached hydrogens (tertiary/aromatic N) is 4. The van der Waals surface area contributed by atoms with Crippen molar-refractivity contribution in [1.82, 2.24) is 25.4 Å². The topological polar surface area (TPSA) is 76.4 Å². The number of nitrogens with one attached hydrogen (secondary N) is 2. The highest BCUT2D eigenvalue weighted by Gasteiger charge is 2.16. The molecular formula is C20H29ClN6O. The van der Waals surface area contributed by atoms with E-state index in [0.29, 0.717) is 6.54 Å². The molecule has 2 aromatic rings. The molecule has 2 N–H and O–H groups in total. The summed E-state index contributed by atoms with van der Waals surface area (Å²) in [7, 11) is 0. The third-order valence-electron chi connectivity index (χ3n) is 4.84. The van der Waals surface area contributed by atoms with E-state index in [0.717, 1.165) is 61.3 Å². The van der Waals surface area contributed by atoms with Gasteiger partial charge in [0, 0.05) is 31.1 Å². The number of aromatic nitrogens is 3. The van der Waals surface area contributed by atoms with Gasteiger partial charge in [0.05, 0.1) is 18.7 Å². The SMILES string of the molecule is CCc1nncn1CCNC(=NCC1CCCO1)NC(C)c1cccc(Cl)c1. The Morgan fingerprint density at radius 1 is 1.46 bits per heavy atom. The lowest BCUT2D eigenvalue weighted by Crippen LogP contribution is -2.40. The standard InChI is InChI=1S/C20H29ClN6O/c1-3-19-26-24-14-27(19)10-9-22-20(23-13-18-8-5-11-28-18)25-15(2)16-6-4-7-17(21)12-16/h4,6-7,12,14-15,18H,3,5,8-11,13H2,1-2H3,(H2,22,23,25). The summed E-state index contributed by atoms with van der Waals surface area (Å²) in [5.74, 6) is 1.76. The van der Waals surface area contributed by atoms with E-state index >= 15 is 0 Å². The fourth-order valence-electron chi connectivity index (χ4n) is 3.23. The Labute approximate surface area is 171 Å². The van der Waals surface area contributed by atoms with E-state index in [9.17, 15) is 0 Å². The van der Waals surface area contributed by atoms with Gasteiger partial charge in [-0.15, -0.1) is 10.2 Å². The molecule has 3 rings (SSSR count). The molecule has 8 heteroatoms. The summed E-state index contributed by atoms with van der Waals surface area (Å²) in [6, 6.07) is 7.96. The number of ether oxygens (including phenoxy) is 1. The molecule has 0 spiro atoms. The zero-order chi connectivity index (χ0) is 19.8. The highest BCUT2D eigenvalue weighted by atomic mass is 35.5. The van der Waals surface area contributed by atoms with E-state index < -0.39 is 0 Å². The number of hydrogen-bond acceptors (Lipinski definition) is 4. The lowest BCUT2D eigenvalue weighted by molar-refractivity contribution is 0.117. The predicted octanol–water partition coefficient (Wildman–Crippen LogP) is 2.97. The van der Waals surface area contributed by atoms with Crippen molar-refractivity contribution in [3.05, 3.63) is 47.0 Å². The Morgan fingerprint density at radius 3 is 3.11 bits per heavy atom. The van der Waals surface area contributed by atoms with E-state index in [-0.39, 0.29) is 12.1 Å². The molecule has 0 saturated carbocycles. The van der Waals surface area contributed by atoms with Crippen LogP contribution in [-0.4, -0.2) is 46.5 Å². The Morgan fingerprint density at radius 2 is 2.36 bits per heavy atom. The molecule has 28 heavy (non-hydrogen) atoms. The minimum absolute atomic E-state index is 0.0792. The number of guanidine groups is 1. The van der Waals surface area contributed by atoms with Gasteiger partial charge in [0.15, 0.2) is 5.96 Å². The summed E-state index contributed by atoms with van der Waals surface area (Å²) in [6.07, 6.45) is 5.03. The van der Waals surface area contributed by atoms with E-state index in [1.165, 1.54) is 0 Å². The van der Waals surface area contributed by atoms with Crippen LogP contribution in [0.4, 0.5) is 0 Å². The van der Waals surface area contributed by atoms with Crippen LogP contribution in [0, 0.1) is 0 Å². The molecule has 0 aliphatic carbocycles. The molecule has 1 aromatic heterocycles. The van der Waals surface area contributed by atoms with Gasteiger partial charge in [0.1, 0.15) is 12.2 Å². The maximum atomic E-state index is 6.14. The monoisotopic (exact) mass is 404 g/mol. The third-order valence-corrected chi connectivity index (χ3v) is 5.07. The van der Waals surface area contributed by atoms with Gasteiger partial charge in [-0.25, -0.2) is 0 Å². The second-order valence-corrected chi connectivity index (χ2v) is 7.40. The van der Waals surface area contributed by atoms with E-state index in [1.807, 2.05) is 18.2 Å². The summed E-state index contributed by atoms with van der Waals surface area (Å²) in [5.41, 5.74) is 1.12. The average molecular weight is 405 g/mol. The fourth-order valence-corrected chi connectivity index (χ4v) is 3.43. The molecule has 0 radical (unpaired) electrons. The maximum absolute atomic E-state index is 6.14. The van der Waals surface area contributed by atoms with Crippen LogP contribution in [0.25, 0.3) is 0 Å². The molecule has 152 valence electrons. The quantitative estimate of drug-likeness (QED) is 0.522. The summed E-state index contributed by atoms with van der Waals surface area (Å²) in [5, 5.41) is 15.7. The van der Waals surface area contributed by atoms with Crippen molar-refractivity contribution in [1.29, 1.82) is 0 Å². The molecule has 1 aromatic carbocycles. The van der Waals surface area contributed by atoms with Crippen molar-refractivity contribution in [2.75, 3.05) is 19.7 Å². The van der Waals surface area contributed by atoms with Crippen LogP contribution in [0.3, 0.4) is 0 Å². The lowest BCUT2D eigenvalue weighted by atomic mass is 10.1. The van der Waals surface area contributed by atoms with E-state index in [1.54, 1.807) is 6.33 Å². The Kier molecular flexibility index (Phi) is 7.68. The summed E-state index contributed by atoms with van der Waals surface area (Å²) >= 11 is 6.14. The molecule has 1 saturated heterocycles. The number of rotatable bonds is 8. The van der Waals surface area contributed by atoms with E-state index in [2.05, 4.69) is 45.3 Å². The molecule has 2 heterocycles. The van der Waals surface area contributed by atoms with Gasteiger partial charge in [0.25, 0.3) is 0 Å². The van der Waals surface area contributed by atoms with E-state index in [4.69, 9.17) is 21.3 Å². The number of benzene rings is 1. The summed E-state index contributed by atoms with van der Waals surface area (Å²) in [4.78, 5) is 4.75. The van der Waals surface area contributed by atoms with Gasteiger partial charge in [-0.3, -0.25) is 4.99 Å². The van der Waals surface area contributed by atoms with Gasteiger partial charge in [-0.05, 0) is 37.5 Å². The predicted molar refractivity (Wildman–Crippen MR) is 112 cm³/mol. The van der Waals surface area contributed by atoms with Crippen molar-refractivity contribution in [3.63, 3.8) is 0 Å². The van der Waals surface area contributed by atoms with Gasteiger partial charge in [-0.2, -0.15) is 0 Å². The Bertz CT molecular complexity index is 772. The second-order valence-electron chi connectivity index (χ2n) is 6.97. The minimum atomic E-state index is 0.0792. The normalized spacial score (nSPS) is 18.2. The lowest BCUT2D eigenvalue weighted by Gasteiger charge is -2.20. The molecule has 1 aliphatic rings. The van der Waals surface area contributed by atoms with Crippen LogP contribution in [0.1, 0.15) is 44.1 Å². The molecule has 2 atom stereocenters. The maximum Gasteiger partial charge on any atom is 0.191 e. The highest BCUT2D eigenvalue weighted by Crippen LogP contribution is 2.17. The first-order chi connectivity index (χ1) is 13.7. The number of hydrogen-bond donors (Lipinski definition) is 2. The van der Waals surface area contributed by atoms with Crippen molar-refractivity contribution >= 4 is 17.6 Å². The Hall–Kier alpha value is -2.12. The molecule has 2 unspecified atom stereocenters. The van der Waals surface area contributed by atoms with Crippen LogP contribution in [0.5, 0.6) is 0 Å². The molecule has 1 fully saturated rings. The zero-order valence-corrected chi connectivity index (χ0v) is 17.3. The number of aliphatic imine (C=N–C) groups is 1. The van der Waals surface area contributed by atoms with Crippen LogP contribution in [-0.2, 0) is 17.7 Å². The average Bonchev–Trinajstić information content (AvgIpc) is 3.37. The van der Waals surface area contributed by atoms with Crippen LogP contribution in [0.15, 0.2) is 35.6 Å². The van der Waals surface area contributed by atoms with Gasteiger partial charge >= 0.3 is 0 Å². The van der Waals surface area contributed by atoms with Crippen molar-refractivity contribution in [2.24, 2.45) is 4.99 Å². The van der Waals surface area contributed by atoms with Crippen molar-refractivity contribution < 1.29 is 4.74 Å². The molecule has 7 nitrogen and oxygen atoms in total. The first-order valence-electron chi connectivity index (χ1n) is 9.94. The molecule has 0 bridgehead atoms. The summed E-state index contributed by atoms with van der Waals surface area (Å²) in [6.45, 7) is 7.18. The van der Waals surface area contributed by atoms with Crippen LogP contribution >= 0.6 is 11.6 Å². The third kappa shape index (κ3) is 5.94. The van der Waals surface area contributed by atoms with Crippen molar-refractivity contribution in [2.45, 2.75) is 51.8 Å². The fraction of sp³-hybridized carbons (Fsp3) is 0.550. The van der Waals surface area contributed by atoms with Crippen LogP contribution in [0.2, 0.25) is 5.02 Å². The van der Waals surface area contributed by atoms with Crippen LogP contribution < -0.4 is 10.6 Å². The zero-order valence-electron chi connectivity index (χ0n) is 16.6. The van der Waals surface area contributed by atoms with Crippen molar-refractivity contribution in [3.8, 4) is 0 Å². The Balaban J connectivity index is 1.61. The highest BCUT2D eigenvalue weighted by molar-refractivity contribution is 6.30. The second kappa shape index (κ2) is 10.4. The smallest absolute Gasteiger partial charge is 0.191 e. The molecule has 1 aliphatic heterocycles.